The molecule has 3 rings (SSSR count). The quantitative estimate of drug-likeness (QED) is 0.697. The second-order valence-electron chi connectivity index (χ2n) is 6.53. The predicted octanol–water partition coefficient (Wildman–Crippen LogP) is 5.59. The van der Waals surface area contributed by atoms with E-state index in [1.807, 2.05) is 6.08 Å². The summed E-state index contributed by atoms with van der Waals surface area (Å²) in [5, 5.41) is 0. The molecule has 2 fully saturated rings. The lowest BCUT2D eigenvalue weighted by molar-refractivity contribution is 0.248. The van der Waals surface area contributed by atoms with E-state index in [1.165, 1.54) is 61.2 Å². The first kappa shape index (κ1) is 14.3. The molecule has 1 aromatic rings. The minimum atomic E-state index is 0.463. The van der Waals surface area contributed by atoms with Gasteiger partial charge in [-0.25, -0.2) is 0 Å². The molecule has 1 aliphatic carbocycles. The van der Waals surface area contributed by atoms with Crippen LogP contribution in [0, 0.1) is 12.8 Å². The molecule has 1 aromatic carbocycles. The van der Waals surface area contributed by atoms with Gasteiger partial charge in [0.15, 0.2) is 0 Å². The molecule has 0 radical (unpaired) electrons. The monoisotopic (exact) mass is 286 g/mol. The molecule has 1 heteroatoms. The number of thioether (sulfide) groups is 1. The van der Waals surface area contributed by atoms with Crippen LogP contribution in [-0.4, -0.2) is 11.5 Å². The van der Waals surface area contributed by atoms with Gasteiger partial charge < -0.3 is 0 Å². The van der Waals surface area contributed by atoms with E-state index in [-0.39, 0.29) is 0 Å². The van der Waals surface area contributed by atoms with Gasteiger partial charge in [0.25, 0.3) is 0 Å². The first-order valence-corrected chi connectivity index (χ1v) is 9.23. The van der Waals surface area contributed by atoms with Crippen molar-refractivity contribution in [3.63, 3.8) is 0 Å². The number of rotatable bonds is 3. The lowest BCUT2D eigenvalue weighted by atomic mass is 9.64. The van der Waals surface area contributed by atoms with E-state index in [2.05, 4.69) is 43.5 Å². The van der Waals surface area contributed by atoms with E-state index in [9.17, 15) is 0 Å². The van der Waals surface area contributed by atoms with E-state index in [1.54, 1.807) is 5.56 Å². The standard InChI is InChI=1S/C19H26S/c1-3-16-9-8-15(2)18(14-16)19(10-12-20-13-11-19)17-6-4-5-7-17/h3,8-9,14,17H,1,4-7,10-13H2,2H3. The molecule has 1 saturated carbocycles. The van der Waals surface area contributed by atoms with Crippen molar-refractivity contribution in [2.75, 3.05) is 11.5 Å². The summed E-state index contributed by atoms with van der Waals surface area (Å²) >= 11 is 2.15. The van der Waals surface area contributed by atoms with Crippen molar-refractivity contribution in [3.8, 4) is 0 Å². The average Bonchev–Trinajstić information content (AvgIpc) is 3.03. The fourth-order valence-corrected chi connectivity index (χ4v) is 5.64. The zero-order chi connectivity index (χ0) is 14.0. The molecule has 1 heterocycles. The van der Waals surface area contributed by atoms with Crippen LogP contribution in [0.2, 0.25) is 0 Å². The molecule has 0 amide bonds. The molecular formula is C19H26S. The smallest absolute Gasteiger partial charge is 0.0000261 e. The molecule has 1 aliphatic heterocycles. The summed E-state index contributed by atoms with van der Waals surface area (Å²) < 4.78 is 0. The van der Waals surface area contributed by atoms with Gasteiger partial charge in [-0.2, -0.15) is 11.8 Å². The molecular weight excluding hydrogens is 260 g/mol. The number of aryl methyl sites for hydroxylation is 1. The highest BCUT2D eigenvalue weighted by molar-refractivity contribution is 7.99. The maximum Gasteiger partial charge on any atom is -0.0000261 e. The summed E-state index contributed by atoms with van der Waals surface area (Å²) in [6, 6.07) is 6.97. The lowest BCUT2D eigenvalue weighted by Gasteiger charge is -2.44. The molecule has 0 unspecified atom stereocenters. The minimum absolute atomic E-state index is 0.463. The molecule has 0 bridgehead atoms. The van der Waals surface area contributed by atoms with Crippen molar-refractivity contribution in [1.29, 1.82) is 0 Å². The van der Waals surface area contributed by atoms with Crippen LogP contribution in [0.5, 0.6) is 0 Å². The second kappa shape index (κ2) is 5.97. The van der Waals surface area contributed by atoms with E-state index in [4.69, 9.17) is 0 Å². The van der Waals surface area contributed by atoms with Gasteiger partial charge in [0.1, 0.15) is 0 Å². The van der Waals surface area contributed by atoms with Crippen LogP contribution in [0.25, 0.3) is 6.08 Å². The van der Waals surface area contributed by atoms with E-state index < -0.39 is 0 Å². The maximum absolute atomic E-state index is 3.96. The summed E-state index contributed by atoms with van der Waals surface area (Å²) in [6.45, 7) is 6.27. The predicted molar refractivity (Wildman–Crippen MR) is 91.5 cm³/mol. The van der Waals surface area contributed by atoms with Crippen molar-refractivity contribution < 1.29 is 0 Å². The number of hydrogen-bond donors (Lipinski definition) is 0. The third-order valence-electron chi connectivity index (χ3n) is 5.56. The van der Waals surface area contributed by atoms with Crippen LogP contribution in [0.1, 0.15) is 55.2 Å². The van der Waals surface area contributed by atoms with Crippen LogP contribution >= 0.6 is 11.8 Å². The normalized spacial score (nSPS) is 22.9. The Kier molecular flexibility index (Phi) is 4.26. The topological polar surface area (TPSA) is 0 Å². The van der Waals surface area contributed by atoms with Gasteiger partial charge in [0.2, 0.25) is 0 Å². The Morgan fingerprint density at radius 2 is 1.90 bits per heavy atom. The largest absolute Gasteiger partial charge is 0.162 e. The van der Waals surface area contributed by atoms with E-state index in [0.29, 0.717) is 5.41 Å². The number of hydrogen-bond acceptors (Lipinski definition) is 1. The summed E-state index contributed by atoms with van der Waals surface area (Å²) in [5.74, 6) is 3.60. The van der Waals surface area contributed by atoms with Gasteiger partial charge >= 0.3 is 0 Å². The maximum atomic E-state index is 3.96. The molecule has 0 atom stereocenters. The highest BCUT2D eigenvalue weighted by Crippen LogP contribution is 2.51. The van der Waals surface area contributed by atoms with Crippen LogP contribution < -0.4 is 0 Å². The fourth-order valence-electron chi connectivity index (χ4n) is 4.41. The summed E-state index contributed by atoms with van der Waals surface area (Å²) in [7, 11) is 0. The first-order chi connectivity index (χ1) is 9.76. The molecule has 1 saturated heterocycles. The Labute approximate surface area is 128 Å². The van der Waals surface area contributed by atoms with Gasteiger partial charge in [-0.3, -0.25) is 0 Å². The van der Waals surface area contributed by atoms with Crippen LogP contribution in [0.15, 0.2) is 24.8 Å². The highest BCUT2D eigenvalue weighted by atomic mass is 32.2. The Morgan fingerprint density at radius 3 is 2.55 bits per heavy atom. The average molecular weight is 286 g/mol. The molecule has 0 spiro atoms. The molecule has 0 nitrogen and oxygen atoms in total. The third kappa shape index (κ3) is 2.45. The van der Waals surface area contributed by atoms with Crippen molar-refractivity contribution in [3.05, 3.63) is 41.5 Å². The Balaban J connectivity index is 2.06. The van der Waals surface area contributed by atoms with Crippen LogP contribution in [0.3, 0.4) is 0 Å². The SMILES string of the molecule is C=Cc1ccc(C)c(C2(C3CCCC3)CCSCC2)c1. The summed E-state index contributed by atoms with van der Waals surface area (Å²) in [4.78, 5) is 0. The van der Waals surface area contributed by atoms with Crippen molar-refractivity contribution in [2.24, 2.45) is 5.92 Å². The Bertz CT molecular complexity index is 477. The van der Waals surface area contributed by atoms with E-state index >= 15 is 0 Å². The fraction of sp³-hybridized carbons (Fsp3) is 0.579. The van der Waals surface area contributed by atoms with E-state index in [0.717, 1.165) is 5.92 Å². The van der Waals surface area contributed by atoms with Crippen molar-refractivity contribution in [2.45, 2.75) is 50.9 Å². The van der Waals surface area contributed by atoms with Crippen LogP contribution in [-0.2, 0) is 5.41 Å². The van der Waals surface area contributed by atoms with Crippen molar-refractivity contribution >= 4 is 17.8 Å². The number of benzene rings is 1. The molecule has 108 valence electrons. The molecule has 2 aliphatic rings. The lowest BCUT2D eigenvalue weighted by Crippen LogP contribution is -2.38. The molecule has 20 heavy (non-hydrogen) atoms. The second-order valence-corrected chi connectivity index (χ2v) is 7.75. The van der Waals surface area contributed by atoms with Gasteiger partial charge in [-0.05, 0) is 72.1 Å². The first-order valence-electron chi connectivity index (χ1n) is 8.07. The zero-order valence-electron chi connectivity index (χ0n) is 12.7. The zero-order valence-corrected chi connectivity index (χ0v) is 13.5. The van der Waals surface area contributed by atoms with Crippen LogP contribution in [0.4, 0.5) is 0 Å². The highest BCUT2D eigenvalue weighted by Gasteiger charge is 2.43. The molecule has 0 N–H and O–H groups in total. The Morgan fingerprint density at radius 1 is 1.20 bits per heavy atom. The van der Waals surface area contributed by atoms with Gasteiger partial charge in [0, 0.05) is 0 Å². The Hall–Kier alpha value is -0.690. The van der Waals surface area contributed by atoms with Gasteiger partial charge in [0.05, 0.1) is 0 Å². The van der Waals surface area contributed by atoms with Gasteiger partial charge in [-0.1, -0.05) is 43.7 Å². The summed E-state index contributed by atoms with van der Waals surface area (Å²) in [5.41, 5.74) is 4.89. The third-order valence-corrected chi connectivity index (χ3v) is 6.54. The summed E-state index contributed by atoms with van der Waals surface area (Å²) in [6.07, 6.45) is 10.5. The minimum Gasteiger partial charge on any atom is -0.162 e. The molecule has 0 aromatic heterocycles. The van der Waals surface area contributed by atoms with Crippen molar-refractivity contribution in [1.82, 2.24) is 0 Å². The van der Waals surface area contributed by atoms with Gasteiger partial charge in [-0.15, -0.1) is 0 Å².